The van der Waals surface area contributed by atoms with E-state index in [1.807, 2.05) is 18.2 Å². The van der Waals surface area contributed by atoms with Gasteiger partial charge in [-0.2, -0.15) is 0 Å². The molecule has 2 N–H and O–H groups in total. The smallest absolute Gasteiger partial charge is 0.0586 e. The van der Waals surface area contributed by atoms with Crippen molar-refractivity contribution in [2.24, 2.45) is 0 Å². The standard InChI is InChI=1S/C16H25ClN2O/c1-2-18-16(14-7-3-4-8-15(14)17)9-11-19-10-5-6-13(19)12-20/h3-4,7-8,13,16,18,20H,2,5-6,9-12H2,1H3. The minimum absolute atomic E-state index is 0.276. The average molecular weight is 297 g/mol. The van der Waals surface area contributed by atoms with Gasteiger partial charge in [0.2, 0.25) is 0 Å². The number of rotatable bonds is 7. The van der Waals surface area contributed by atoms with Gasteiger partial charge in [-0.3, -0.25) is 4.90 Å². The summed E-state index contributed by atoms with van der Waals surface area (Å²) in [6.45, 7) is 5.44. The van der Waals surface area contributed by atoms with Crippen molar-refractivity contribution in [2.75, 3.05) is 26.2 Å². The minimum atomic E-state index is 0.276. The highest BCUT2D eigenvalue weighted by atomic mass is 35.5. The molecular weight excluding hydrogens is 272 g/mol. The summed E-state index contributed by atoms with van der Waals surface area (Å²) >= 11 is 6.31. The fraction of sp³-hybridized carbons (Fsp3) is 0.625. The Morgan fingerprint density at radius 3 is 2.95 bits per heavy atom. The quantitative estimate of drug-likeness (QED) is 0.812. The van der Waals surface area contributed by atoms with Gasteiger partial charge in [-0.1, -0.05) is 36.7 Å². The third kappa shape index (κ3) is 3.95. The van der Waals surface area contributed by atoms with Crippen molar-refractivity contribution >= 4 is 11.6 Å². The molecule has 1 aliphatic heterocycles. The molecule has 20 heavy (non-hydrogen) atoms. The molecule has 1 fully saturated rings. The molecule has 3 nitrogen and oxygen atoms in total. The lowest BCUT2D eigenvalue weighted by molar-refractivity contribution is 0.154. The van der Waals surface area contributed by atoms with Crippen LogP contribution in [0.4, 0.5) is 0 Å². The van der Waals surface area contributed by atoms with Gasteiger partial charge in [0.05, 0.1) is 6.61 Å². The molecule has 0 aromatic heterocycles. The first-order chi connectivity index (χ1) is 9.76. The number of hydrogen-bond acceptors (Lipinski definition) is 3. The molecule has 0 radical (unpaired) electrons. The van der Waals surface area contributed by atoms with Crippen molar-refractivity contribution in [3.63, 3.8) is 0 Å². The summed E-state index contributed by atoms with van der Waals surface area (Å²) in [5.41, 5.74) is 1.18. The fourth-order valence-corrected chi connectivity index (χ4v) is 3.33. The molecule has 1 aromatic rings. The van der Waals surface area contributed by atoms with E-state index in [1.54, 1.807) is 0 Å². The molecule has 1 aliphatic rings. The Kier molecular flexibility index (Phi) is 6.30. The van der Waals surface area contributed by atoms with E-state index in [0.717, 1.165) is 37.5 Å². The molecular formula is C16H25ClN2O. The van der Waals surface area contributed by atoms with Crippen LogP contribution in [0.3, 0.4) is 0 Å². The Morgan fingerprint density at radius 2 is 2.25 bits per heavy atom. The summed E-state index contributed by atoms with van der Waals surface area (Å²) in [5.74, 6) is 0. The SMILES string of the molecule is CCNC(CCN1CCCC1CO)c1ccccc1Cl. The topological polar surface area (TPSA) is 35.5 Å². The molecule has 1 aromatic carbocycles. The highest BCUT2D eigenvalue weighted by Crippen LogP contribution is 2.26. The van der Waals surface area contributed by atoms with Crippen molar-refractivity contribution in [1.29, 1.82) is 0 Å². The molecule has 0 bridgehead atoms. The van der Waals surface area contributed by atoms with Gasteiger partial charge in [0, 0.05) is 23.7 Å². The highest BCUT2D eigenvalue weighted by molar-refractivity contribution is 6.31. The lowest BCUT2D eigenvalue weighted by Gasteiger charge is -2.26. The van der Waals surface area contributed by atoms with Gasteiger partial charge in [-0.05, 0) is 44.0 Å². The van der Waals surface area contributed by atoms with Crippen LogP contribution in [0.5, 0.6) is 0 Å². The number of aliphatic hydroxyl groups is 1. The molecule has 1 heterocycles. The molecule has 112 valence electrons. The first kappa shape index (κ1) is 15.8. The second kappa shape index (κ2) is 7.99. The van der Waals surface area contributed by atoms with Gasteiger partial charge < -0.3 is 10.4 Å². The van der Waals surface area contributed by atoms with E-state index >= 15 is 0 Å². The van der Waals surface area contributed by atoms with Gasteiger partial charge in [0.25, 0.3) is 0 Å². The average Bonchev–Trinajstić information content (AvgIpc) is 2.92. The van der Waals surface area contributed by atoms with E-state index in [0.29, 0.717) is 6.04 Å². The number of nitrogens with zero attached hydrogens (tertiary/aromatic N) is 1. The summed E-state index contributed by atoms with van der Waals surface area (Å²) < 4.78 is 0. The lowest BCUT2D eigenvalue weighted by Crippen LogP contribution is -2.35. The summed E-state index contributed by atoms with van der Waals surface area (Å²) in [7, 11) is 0. The van der Waals surface area contributed by atoms with Crippen molar-refractivity contribution in [2.45, 2.75) is 38.3 Å². The summed E-state index contributed by atoms with van der Waals surface area (Å²) in [5, 5.41) is 13.7. The lowest BCUT2D eigenvalue weighted by atomic mass is 10.0. The number of benzene rings is 1. The van der Waals surface area contributed by atoms with Crippen LogP contribution in [-0.2, 0) is 0 Å². The molecule has 4 heteroatoms. The van der Waals surface area contributed by atoms with Gasteiger partial charge >= 0.3 is 0 Å². The van der Waals surface area contributed by atoms with E-state index in [1.165, 1.54) is 12.0 Å². The maximum Gasteiger partial charge on any atom is 0.0586 e. The molecule has 2 unspecified atom stereocenters. The third-order valence-corrected chi connectivity index (χ3v) is 4.49. The van der Waals surface area contributed by atoms with Crippen LogP contribution < -0.4 is 5.32 Å². The maximum absolute atomic E-state index is 9.39. The Balaban J connectivity index is 1.97. The van der Waals surface area contributed by atoms with Crippen LogP contribution in [0.15, 0.2) is 24.3 Å². The number of likely N-dealkylation sites (tertiary alicyclic amines) is 1. The zero-order valence-electron chi connectivity index (χ0n) is 12.2. The molecule has 1 saturated heterocycles. The van der Waals surface area contributed by atoms with Crippen molar-refractivity contribution in [3.05, 3.63) is 34.9 Å². The maximum atomic E-state index is 9.39. The van der Waals surface area contributed by atoms with Crippen LogP contribution in [0.2, 0.25) is 5.02 Å². The van der Waals surface area contributed by atoms with E-state index in [-0.39, 0.29) is 12.6 Å². The van der Waals surface area contributed by atoms with Gasteiger partial charge in [-0.25, -0.2) is 0 Å². The van der Waals surface area contributed by atoms with Gasteiger partial charge in [0.1, 0.15) is 0 Å². The van der Waals surface area contributed by atoms with Crippen molar-refractivity contribution in [1.82, 2.24) is 10.2 Å². The Bertz CT molecular complexity index is 413. The third-order valence-electron chi connectivity index (χ3n) is 4.15. The van der Waals surface area contributed by atoms with Gasteiger partial charge in [0.15, 0.2) is 0 Å². The molecule has 2 rings (SSSR count). The van der Waals surface area contributed by atoms with Crippen LogP contribution in [-0.4, -0.2) is 42.3 Å². The monoisotopic (exact) mass is 296 g/mol. The zero-order valence-corrected chi connectivity index (χ0v) is 12.9. The van der Waals surface area contributed by atoms with Crippen molar-refractivity contribution in [3.8, 4) is 0 Å². The second-order valence-corrected chi connectivity index (χ2v) is 5.84. The Morgan fingerprint density at radius 1 is 1.45 bits per heavy atom. The van der Waals surface area contributed by atoms with E-state index in [4.69, 9.17) is 11.6 Å². The van der Waals surface area contributed by atoms with Crippen LogP contribution in [0.25, 0.3) is 0 Å². The summed E-state index contributed by atoms with van der Waals surface area (Å²) in [6, 6.07) is 8.70. The normalized spacial score (nSPS) is 21.2. The molecule has 0 aliphatic carbocycles. The summed E-state index contributed by atoms with van der Waals surface area (Å²) in [6.07, 6.45) is 3.34. The van der Waals surface area contributed by atoms with Crippen LogP contribution in [0, 0.1) is 0 Å². The summed E-state index contributed by atoms with van der Waals surface area (Å²) in [4.78, 5) is 2.40. The number of nitrogens with one attached hydrogen (secondary N) is 1. The largest absolute Gasteiger partial charge is 0.395 e. The molecule has 0 amide bonds. The first-order valence-corrected chi connectivity index (χ1v) is 7.96. The van der Waals surface area contributed by atoms with E-state index in [9.17, 15) is 5.11 Å². The second-order valence-electron chi connectivity index (χ2n) is 5.44. The highest BCUT2D eigenvalue weighted by Gasteiger charge is 2.24. The van der Waals surface area contributed by atoms with Crippen molar-refractivity contribution < 1.29 is 5.11 Å². The van der Waals surface area contributed by atoms with Crippen LogP contribution >= 0.6 is 11.6 Å². The first-order valence-electron chi connectivity index (χ1n) is 7.59. The Hall–Kier alpha value is -0.610. The minimum Gasteiger partial charge on any atom is -0.395 e. The number of aliphatic hydroxyl groups excluding tert-OH is 1. The molecule has 0 spiro atoms. The van der Waals surface area contributed by atoms with E-state index in [2.05, 4.69) is 23.2 Å². The van der Waals surface area contributed by atoms with Gasteiger partial charge in [-0.15, -0.1) is 0 Å². The molecule has 0 saturated carbocycles. The molecule has 2 atom stereocenters. The Labute approximate surface area is 126 Å². The zero-order chi connectivity index (χ0) is 14.4. The predicted molar refractivity (Wildman–Crippen MR) is 84.2 cm³/mol. The fourth-order valence-electron chi connectivity index (χ4n) is 3.06. The number of hydrogen-bond donors (Lipinski definition) is 2. The van der Waals surface area contributed by atoms with Crippen LogP contribution in [0.1, 0.15) is 37.8 Å². The predicted octanol–water partition coefficient (Wildman–Crippen LogP) is 2.84. The van der Waals surface area contributed by atoms with E-state index < -0.39 is 0 Å². The number of halogens is 1.